The number of carbonyl (C=O) groups is 2. The van der Waals surface area contributed by atoms with Gasteiger partial charge in [0.2, 0.25) is 10.0 Å². The highest BCUT2D eigenvalue weighted by Gasteiger charge is 2.26. The van der Waals surface area contributed by atoms with Gasteiger partial charge in [-0.2, -0.15) is 4.31 Å². The molecule has 29 heavy (non-hydrogen) atoms. The Balaban J connectivity index is 1.60. The molecule has 154 valence electrons. The van der Waals surface area contributed by atoms with Crippen LogP contribution < -0.4 is 10.1 Å². The number of amides is 1. The number of morpholine rings is 1. The van der Waals surface area contributed by atoms with Gasteiger partial charge >= 0.3 is 0 Å². The lowest BCUT2D eigenvalue weighted by atomic mass is 10.1. The number of carbonyl (C=O) groups excluding carboxylic acids is 2. The van der Waals surface area contributed by atoms with Crippen LogP contribution in [0.25, 0.3) is 0 Å². The number of anilines is 1. The van der Waals surface area contributed by atoms with Crippen molar-refractivity contribution >= 4 is 27.4 Å². The highest BCUT2D eigenvalue weighted by Crippen LogP contribution is 2.20. The SMILES string of the molecule is CC(=O)c1ccccc1OCC(=O)Nc1ccc(S(=O)(=O)N2CCOCC2)cc1. The molecule has 1 N–H and O–H groups in total. The first-order chi connectivity index (χ1) is 13.9. The maximum absolute atomic E-state index is 12.6. The van der Waals surface area contributed by atoms with Gasteiger partial charge in [-0.25, -0.2) is 8.42 Å². The molecule has 0 atom stereocenters. The molecule has 0 unspecified atom stereocenters. The highest BCUT2D eigenvalue weighted by molar-refractivity contribution is 7.89. The predicted molar refractivity (Wildman–Crippen MR) is 107 cm³/mol. The van der Waals surface area contributed by atoms with Crippen LogP contribution in [0.2, 0.25) is 0 Å². The third kappa shape index (κ3) is 5.20. The normalized spacial score (nSPS) is 14.9. The van der Waals surface area contributed by atoms with Crippen LogP contribution in [0.15, 0.2) is 53.4 Å². The van der Waals surface area contributed by atoms with Crippen LogP contribution in [0.1, 0.15) is 17.3 Å². The molecule has 1 aliphatic rings. The molecule has 8 nitrogen and oxygen atoms in total. The summed E-state index contributed by atoms with van der Waals surface area (Å²) in [5.41, 5.74) is 0.845. The van der Waals surface area contributed by atoms with Crippen LogP contribution in [0, 0.1) is 0 Å². The van der Waals surface area contributed by atoms with E-state index in [1.165, 1.54) is 35.5 Å². The zero-order valence-corrected chi connectivity index (χ0v) is 16.8. The Bertz CT molecular complexity index is 982. The smallest absolute Gasteiger partial charge is 0.262 e. The summed E-state index contributed by atoms with van der Waals surface area (Å²) < 4.78 is 37.2. The minimum Gasteiger partial charge on any atom is -0.483 e. The molecule has 1 fully saturated rings. The van der Waals surface area contributed by atoms with Gasteiger partial charge in [-0.05, 0) is 43.3 Å². The zero-order valence-electron chi connectivity index (χ0n) is 16.0. The first-order valence-electron chi connectivity index (χ1n) is 9.08. The molecular formula is C20H22N2O6S. The van der Waals surface area contributed by atoms with Crippen LogP contribution in [0.3, 0.4) is 0 Å². The molecule has 0 aromatic heterocycles. The Kier molecular flexibility index (Phi) is 6.63. The molecule has 1 saturated heterocycles. The molecule has 1 aliphatic heterocycles. The van der Waals surface area contributed by atoms with Crippen LogP contribution in [0.4, 0.5) is 5.69 Å². The van der Waals surface area contributed by atoms with Crippen LogP contribution in [0.5, 0.6) is 5.75 Å². The second kappa shape index (κ2) is 9.17. The first kappa shape index (κ1) is 21.0. The van der Waals surface area contributed by atoms with Crippen molar-refractivity contribution in [2.75, 3.05) is 38.2 Å². The number of ether oxygens (including phenoxy) is 2. The average Bonchev–Trinajstić information content (AvgIpc) is 2.73. The van der Waals surface area contributed by atoms with Crippen molar-refractivity contribution < 1.29 is 27.5 Å². The number of hydrogen-bond acceptors (Lipinski definition) is 6. The fourth-order valence-corrected chi connectivity index (χ4v) is 4.28. The molecule has 0 spiro atoms. The Morgan fingerprint density at radius 3 is 2.38 bits per heavy atom. The Morgan fingerprint density at radius 2 is 1.72 bits per heavy atom. The summed E-state index contributed by atoms with van der Waals surface area (Å²) in [5, 5.41) is 2.64. The lowest BCUT2D eigenvalue weighted by Crippen LogP contribution is -2.40. The molecule has 1 amide bonds. The third-order valence-electron chi connectivity index (χ3n) is 4.37. The van der Waals surface area contributed by atoms with E-state index in [0.29, 0.717) is 43.3 Å². The van der Waals surface area contributed by atoms with E-state index in [1.54, 1.807) is 24.3 Å². The number of benzene rings is 2. The summed E-state index contributed by atoms with van der Waals surface area (Å²) in [5.74, 6) is -0.243. The monoisotopic (exact) mass is 418 g/mol. The number of rotatable bonds is 7. The maximum atomic E-state index is 12.6. The van der Waals surface area contributed by atoms with Crippen molar-refractivity contribution in [1.29, 1.82) is 0 Å². The lowest BCUT2D eigenvalue weighted by Gasteiger charge is -2.26. The quantitative estimate of drug-likeness (QED) is 0.690. The number of hydrogen-bond donors (Lipinski definition) is 1. The number of Topliss-reactive ketones (excluding diaryl/α,β-unsaturated/α-hetero) is 1. The van der Waals surface area contributed by atoms with Gasteiger partial charge in [-0.3, -0.25) is 9.59 Å². The van der Waals surface area contributed by atoms with E-state index in [-0.39, 0.29) is 17.3 Å². The van der Waals surface area contributed by atoms with Gasteiger partial charge in [0, 0.05) is 18.8 Å². The van der Waals surface area contributed by atoms with E-state index >= 15 is 0 Å². The van der Waals surface area contributed by atoms with Crippen molar-refractivity contribution in [3.8, 4) is 5.75 Å². The Hall–Kier alpha value is -2.75. The van der Waals surface area contributed by atoms with Crippen molar-refractivity contribution in [3.05, 3.63) is 54.1 Å². The van der Waals surface area contributed by atoms with Gasteiger partial charge in [0.25, 0.3) is 5.91 Å². The van der Waals surface area contributed by atoms with Gasteiger partial charge in [-0.1, -0.05) is 12.1 Å². The molecule has 3 rings (SSSR count). The molecule has 0 aliphatic carbocycles. The van der Waals surface area contributed by atoms with Crippen molar-refractivity contribution in [2.45, 2.75) is 11.8 Å². The maximum Gasteiger partial charge on any atom is 0.262 e. The summed E-state index contributed by atoms with van der Waals surface area (Å²) in [6.07, 6.45) is 0. The van der Waals surface area contributed by atoms with Gasteiger partial charge < -0.3 is 14.8 Å². The van der Waals surface area contributed by atoms with E-state index in [0.717, 1.165) is 0 Å². The van der Waals surface area contributed by atoms with E-state index < -0.39 is 15.9 Å². The molecule has 0 saturated carbocycles. The summed E-state index contributed by atoms with van der Waals surface area (Å²) in [4.78, 5) is 23.9. The first-order valence-corrected chi connectivity index (χ1v) is 10.5. The molecule has 1 heterocycles. The molecule has 0 radical (unpaired) electrons. The summed E-state index contributed by atoms with van der Waals surface area (Å²) in [7, 11) is -3.58. The van der Waals surface area contributed by atoms with Crippen LogP contribution in [-0.4, -0.2) is 57.3 Å². The predicted octanol–water partition coefficient (Wildman–Crippen LogP) is 1.93. The number of para-hydroxylation sites is 1. The minimum absolute atomic E-state index is 0.155. The lowest BCUT2D eigenvalue weighted by molar-refractivity contribution is -0.118. The molecule has 2 aromatic rings. The van der Waals surface area contributed by atoms with E-state index in [4.69, 9.17) is 9.47 Å². The number of sulfonamides is 1. The topological polar surface area (TPSA) is 102 Å². The molecule has 2 aromatic carbocycles. The van der Waals surface area contributed by atoms with Crippen molar-refractivity contribution in [2.24, 2.45) is 0 Å². The van der Waals surface area contributed by atoms with Gasteiger partial charge in [0.05, 0.1) is 23.7 Å². The van der Waals surface area contributed by atoms with Crippen molar-refractivity contribution in [3.63, 3.8) is 0 Å². The fourth-order valence-electron chi connectivity index (χ4n) is 2.87. The Morgan fingerprint density at radius 1 is 1.07 bits per heavy atom. The van der Waals surface area contributed by atoms with E-state index in [1.807, 2.05) is 0 Å². The molecule has 0 bridgehead atoms. The Labute approximate surface area is 169 Å². The van der Waals surface area contributed by atoms with E-state index in [2.05, 4.69) is 5.32 Å². The van der Waals surface area contributed by atoms with Gasteiger partial charge in [0.15, 0.2) is 12.4 Å². The summed E-state index contributed by atoms with van der Waals surface area (Å²) >= 11 is 0. The van der Waals surface area contributed by atoms with Gasteiger partial charge in [-0.15, -0.1) is 0 Å². The standard InChI is InChI=1S/C20H22N2O6S/c1-15(23)18-4-2-3-5-19(18)28-14-20(24)21-16-6-8-17(9-7-16)29(25,26)22-10-12-27-13-11-22/h2-9H,10-14H2,1H3,(H,21,24). The second-order valence-electron chi connectivity index (χ2n) is 6.43. The van der Waals surface area contributed by atoms with Crippen molar-refractivity contribution in [1.82, 2.24) is 4.31 Å². The second-order valence-corrected chi connectivity index (χ2v) is 8.37. The molecular weight excluding hydrogens is 396 g/mol. The molecule has 9 heteroatoms. The summed E-state index contributed by atoms with van der Waals surface area (Å²) in [6.45, 7) is 2.53. The minimum atomic E-state index is -3.58. The van der Waals surface area contributed by atoms with Crippen LogP contribution >= 0.6 is 0 Å². The zero-order chi connectivity index (χ0) is 20.9. The van der Waals surface area contributed by atoms with Gasteiger partial charge in [0.1, 0.15) is 5.75 Å². The number of ketones is 1. The highest BCUT2D eigenvalue weighted by atomic mass is 32.2. The summed E-state index contributed by atoms with van der Waals surface area (Å²) in [6, 6.07) is 12.6. The van der Waals surface area contributed by atoms with Crippen LogP contribution in [-0.2, 0) is 19.6 Å². The number of nitrogens with one attached hydrogen (secondary N) is 1. The fraction of sp³-hybridized carbons (Fsp3) is 0.300. The van der Waals surface area contributed by atoms with E-state index in [9.17, 15) is 18.0 Å². The number of nitrogens with zero attached hydrogens (tertiary/aromatic N) is 1. The largest absolute Gasteiger partial charge is 0.483 e. The third-order valence-corrected chi connectivity index (χ3v) is 6.28. The average molecular weight is 418 g/mol.